The maximum atomic E-state index is 14.0. The molecule has 0 bridgehead atoms. The molecule has 1 saturated heterocycles. The third-order valence-electron chi connectivity index (χ3n) is 2.75. The molecule has 4 nitrogen and oxygen atoms in total. The number of ether oxygens (including phenoxy) is 2. The Morgan fingerprint density at radius 1 is 1.44 bits per heavy atom. The van der Waals surface area contributed by atoms with E-state index in [2.05, 4.69) is 10.3 Å². The van der Waals surface area contributed by atoms with Crippen molar-refractivity contribution in [3.63, 3.8) is 0 Å². The van der Waals surface area contributed by atoms with Gasteiger partial charge in [-0.25, -0.2) is 9.37 Å². The first-order valence-corrected chi connectivity index (χ1v) is 5.28. The molecule has 1 fully saturated rings. The van der Waals surface area contributed by atoms with E-state index in [1.54, 1.807) is 0 Å². The van der Waals surface area contributed by atoms with E-state index < -0.39 is 5.82 Å². The molecule has 1 atom stereocenters. The van der Waals surface area contributed by atoms with E-state index in [0.717, 1.165) is 19.4 Å². The molecule has 5 heteroatoms. The van der Waals surface area contributed by atoms with Gasteiger partial charge < -0.3 is 14.8 Å². The van der Waals surface area contributed by atoms with Gasteiger partial charge in [-0.05, 0) is 19.4 Å². The molecular weight excluding hydrogens is 211 g/mol. The SMILES string of the molecule is COc1cc(OC)c(F)c(C2CCCN2)n1. The molecule has 0 spiro atoms. The Bertz CT molecular complexity index is 378. The Balaban J connectivity index is 2.41. The van der Waals surface area contributed by atoms with Crippen molar-refractivity contribution in [2.45, 2.75) is 18.9 Å². The molecule has 1 aromatic heterocycles. The van der Waals surface area contributed by atoms with Gasteiger partial charge in [-0.1, -0.05) is 0 Å². The number of hydrogen-bond donors (Lipinski definition) is 1. The van der Waals surface area contributed by atoms with Crippen LogP contribution >= 0.6 is 0 Å². The number of rotatable bonds is 3. The number of aromatic nitrogens is 1. The number of pyridine rings is 1. The van der Waals surface area contributed by atoms with Gasteiger partial charge in [0.05, 0.1) is 20.3 Å². The zero-order valence-electron chi connectivity index (χ0n) is 9.42. The average molecular weight is 226 g/mol. The van der Waals surface area contributed by atoms with Crippen LogP contribution in [0.4, 0.5) is 4.39 Å². The lowest BCUT2D eigenvalue weighted by Crippen LogP contribution is -2.16. The molecule has 0 aromatic carbocycles. The second kappa shape index (κ2) is 4.65. The fraction of sp³-hybridized carbons (Fsp3) is 0.545. The van der Waals surface area contributed by atoms with Crippen LogP contribution in [0.3, 0.4) is 0 Å². The second-order valence-electron chi connectivity index (χ2n) is 3.72. The highest BCUT2D eigenvalue weighted by atomic mass is 19.1. The summed E-state index contributed by atoms with van der Waals surface area (Å²) in [7, 11) is 2.94. The summed E-state index contributed by atoms with van der Waals surface area (Å²) in [6, 6.07) is 1.41. The van der Waals surface area contributed by atoms with Crippen molar-refractivity contribution in [1.29, 1.82) is 0 Å². The largest absolute Gasteiger partial charge is 0.493 e. The summed E-state index contributed by atoms with van der Waals surface area (Å²) in [4.78, 5) is 4.14. The van der Waals surface area contributed by atoms with Gasteiger partial charge in [-0.15, -0.1) is 0 Å². The van der Waals surface area contributed by atoms with Crippen LogP contribution in [0, 0.1) is 5.82 Å². The predicted octanol–water partition coefficient (Wildman–Crippen LogP) is 1.66. The Kier molecular flexibility index (Phi) is 3.24. The van der Waals surface area contributed by atoms with Gasteiger partial charge in [0.2, 0.25) is 5.88 Å². The quantitative estimate of drug-likeness (QED) is 0.851. The van der Waals surface area contributed by atoms with E-state index in [1.807, 2.05) is 0 Å². The Labute approximate surface area is 93.8 Å². The lowest BCUT2D eigenvalue weighted by atomic mass is 10.1. The fourth-order valence-corrected chi connectivity index (χ4v) is 1.90. The van der Waals surface area contributed by atoms with E-state index in [4.69, 9.17) is 9.47 Å². The van der Waals surface area contributed by atoms with Gasteiger partial charge in [0.15, 0.2) is 11.6 Å². The zero-order chi connectivity index (χ0) is 11.5. The Morgan fingerprint density at radius 3 is 2.81 bits per heavy atom. The van der Waals surface area contributed by atoms with Crippen molar-refractivity contribution in [3.05, 3.63) is 17.6 Å². The summed E-state index contributed by atoms with van der Waals surface area (Å²) in [5.41, 5.74) is 0.383. The molecule has 0 amide bonds. The van der Waals surface area contributed by atoms with Crippen LogP contribution in [-0.2, 0) is 0 Å². The monoisotopic (exact) mass is 226 g/mol. The molecular formula is C11H15FN2O2. The minimum atomic E-state index is -0.400. The number of nitrogens with one attached hydrogen (secondary N) is 1. The predicted molar refractivity (Wildman–Crippen MR) is 57.3 cm³/mol. The van der Waals surface area contributed by atoms with Crippen LogP contribution in [-0.4, -0.2) is 25.7 Å². The average Bonchev–Trinajstić information content (AvgIpc) is 2.83. The second-order valence-corrected chi connectivity index (χ2v) is 3.72. The maximum absolute atomic E-state index is 14.0. The molecule has 0 saturated carbocycles. The molecule has 1 aromatic rings. The highest BCUT2D eigenvalue weighted by Crippen LogP contribution is 2.31. The van der Waals surface area contributed by atoms with Gasteiger partial charge in [0.1, 0.15) is 5.69 Å². The van der Waals surface area contributed by atoms with Crippen LogP contribution in [0.15, 0.2) is 6.07 Å². The van der Waals surface area contributed by atoms with E-state index in [9.17, 15) is 4.39 Å². The van der Waals surface area contributed by atoms with Crippen LogP contribution in [0.5, 0.6) is 11.6 Å². The molecule has 16 heavy (non-hydrogen) atoms. The molecule has 2 heterocycles. The number of methoxy groups -OCH3 is 2. The van der Waals surface area contributed by atoms with Crippen molar-refractivity contribution < 1.29 is 13.9 Å². The van der Waals surface area contributed by atoms with Gasteiger partial charge in [-0.2, -0.15) is 0 Å². The maximum Gasteiger partial charge on any atom is 0.217 e. The first-order chi connectivity index (χ1) is 7.76. The molecule has 0 aliphatic carbocycles. The van der Waals surface area contributed by atoms with Gasteiger partial charge >= 0.3 is 0 Å². The summed E-state index contributed by atoms with van der Waals surface area (Å²) in [5.74, 6) is 0.153. The van der Waals surface area contributed by atoms with Crippen molar-refractivity contribution in [2.24, 2.45) is 0 Å². The first-order valence-electron chi connectivity index (χ1n) is 5.28. The molecule has 2 rings (SSSR count). The van der Waals surface area contributed by atoms with E-state index >= 15 is 0 Å². The minimum Gasteiger partial charge on any atom is -0.493 e. The zero-order valence-corrected chi connectivity index (χ0v) is 9.42. The van der Waals surface area contributed by atoms with Crippen molar-refractivity contribution >= 4 is 0 Å². The summed E-state index contributed by atoms with van der Waals surface area (Å²) in [6.45, 7) is 0.894. The lowest BCUT2D eigenvalue weighted by molar-refractivity contribution is 0.355. The molecule has 88 valence electrons. The van der Waals surface area contributed by atoms with Crippen LogP contribution < -0.4 is 14.8 Å². The van der Waals surface area contributed by atoms with Gasteiger partial charge in [-0.3, -0.25) is 0 Å². The molecule has 1 N–H and O–H groups in total. The third-order valence-corrected chi connectivity index (χ3v) is 2.75. The molecule has 0 radical (unpaired) electrons. The Morgan fingerprint density at radius 2 is 2.25 bits per heavy atom. The van der Waals surface area contributed by atoms with Gasteiger partial charge in [0, 0.05) is 6.07 Å². The summed E-state index contributed by atoms with van der Waals surface area (Å²) in [6.07, 6.45) is 1.92. The highest BCUT2D eigenvalue weighted by Gasteiger charge is 2.24. The molecule has 1 aliphatic heterocycles. The summed E-state index contributed by atoms with van der Waals surface area (Å²) in [5, 5.41) is 3.20. The highest BCUT2D eigenvalue weighted by molar-refractivity contribution is 5.34. The van der Waals surface area contributed by atoms with E-state index in [-0.39, 0.29) is 11.8 Å². The van der Waals surface area contributed by atoms with E-state index in [1.165, 1.54) is 20.3 Å². The van der Waals surface area contributed by atoms with Crippen molar-refractivity contribution in [3.8, 4) is 11.6 Å². The summed E-state index contributed by atoms with van der Waals surface area (Å²) < 4.78 is 23.9. The number of nitrogens with zero attached hydrogens (tertiary/aromatic N) is 1. The third kappa shape index (κ3) is 1.95. The van der Waals surface area contributed by atoms with Crippen LogP contribution in [0.2, 0.25) is 0 Å². The fourth-order valence-electron chi connectivity index (χ4n) is 1.90. The smallest absolute Gasteiger partial charge is 0.217 e. The van der Waals surface area contributed by atoms with Gasteiger partial charge in [0.25, 0.3) is 0 Å². The van der Waals surface area contributed by atoms with E-state index in [0.29, 0.717) is 11.6 Å². The molecule has 1 unspecified atom stereocenters. The van der Waals surface area contributed by atoms with Crippen LogP contribution in [0.1, 0.15) is 24.6 Å². The first kappa shape index (κ1) is 11.1. The minimum absolute atomic E-state index is 0.0380. The molecule has 1 aliphatic rings. The van der Waals surface area contributed by atoms with Crippen LogP contribution in [0.25, 0.3) is 0 Å². The number of halogens is 1. The normalized spacial score (nSPS) is 19.8. The topological polar surface area (TPSA) is 43.4 Å². The number of hydrogen-bond acceptors (Lipinski definition) is 4. The Hall–Kier alpha value is -1.36. The summed E-state index contributed by atoms with van der Waals surface area (Å²) >= 11 is 0. The van der Waals surface area contributed by atoms with Crippen molar-refractivity contribution in [1.82, 2.24) is 10.3 Å². The standard InChI is InChI=1S/C11H15FN2O2/c1-15-8-6-9(16-2)14-11(10(8)12)7-4-3-5-13-7/h6-7,13H,3-5H2,1-2H3. The van der Waals surface area contributed by atoms with Crippen molar-refractivity contribution in [2.75, 3.05) is 20.8 Å². The lowest BCUT2D eigenvalue weighted by Gasteiger charge is -2.14.